The van der Waals surface area contributed by atoms with Crippen LogP contribution in [0.5, 0.6) is 11.5 Å². The summed E-state index contributed by atoms with van der Waals surface area (Å²) in [6.07, 6.45) is 0. The van der Waals surface area contributed by atoms with Crippen molar-refractivity contribution in [1.82, 2.24) is 5.32 Å². The molecule has 0 bridgehead atoms. The summed E-state index contributed by atoms with van der Waals surface area (Å²) in [6, 6.07) is 12.1. The van der Waals surface area contributed by atoms with Crippen molar-refractivity contribution >= 4 is 29.1 Å². The number of halogens is 1. The third-order valence-corrected chi connectivity index (χ3v) is 4.39. The van der Waals surface area contributed by atoms with Gasteiger partial charge in [-0.2, -0.15) is 0 Å². The summed E-state index contributed by atoms with van der Waals surface area (Å²) in [5.41, 5.74) is 0.149. The van der Waals surface area contributed by atoms with Crippen molar-refractivity contribution in [3.05, 3.63) is 53.1 Å². The van der Waals surface area contributed by atoms with Crippen LogP contribution in [0.1, 0.15) is 19.4 Å². The van der Waals surface area contributed by atoms with Gasteiger partial charge in [0, 0.05) is 17.3 Å². The Morgan fingerprint density at radius 1 is 0.963 bits per heavy atom. The van der Waals surface area contributed by atoms with Crippen molar-refractivity contribution in [1.29, 1.82) is 0 Å². The van der Waals surface area contributed by atoms with Gasteiger partial charge in [-0.15, -0.1) is 0 Å². The minimum absolute atomic E-state index is 0.261. The van der Waals surface area contributed by atoms with Crippen LogP contribution in [0.4, 0.5) is 5.69 Å². The zero-order valence-electron chi connectivity index (χ0n) is 15.8. The van der Waals surface area contributed by atoms with Crippen LogP contribution in [0.3, 0.4) is 0 Å². The van der Waals surface area contributed by atoms with Crippen molar-refractivity contribution in [2.45, 2.75) is 20.4 Å². The van der Waals surface area contributed by atoms with E-state index in [2.05, 4.69) is 10.6 Å². The number of carbonyl (C=O) groups is 2. The molecule has 2 amide bonds. The first-order chi connectivity index (χ1) is 12.8. The van der Waals surface area contributed by atoms with Gasteiger partial charge in [-0.1, -0.05) is 17.7 Å². The second-order valence-electron chi connectivity index (χ2n) is 6.46. The van der Waals surface area contributed by atoms with Crippen LogP contribution >= 0.6 is 11.6 Å². The number of hydrogen-bond acceptors (Lipinski definition) is 4. The van der Waals surface area contributed by atoms with Crippen molar-refractivity contribution in [2.75, 3.05) is 19.5 Å². The monoisotopic (exact) mass is 390 g/mol. The van der Waals surface area contributed by atoms with Crippen molar-refractivity contribution in [3.63, 3.8) is 0 Å². The predicted octanol–water partition coefficient (Wildman–Crippen LogP) is 3.64. The van der Waals surface area contributed by atoms with Crippen LogP contribution < -0.4 is 20.1 Å². The first-order valence-electron chi connectivity index (χ1n) is 8.34. The summed E-state index contributed by atoms with van der Waals surface area (Å²) in [5.74, 6) is 0.387. The van der Waals surface area contributed by atoms with Gasteiger partial charge in [0.1, 0.15) is 5.41 Å². The molecular formula is C20H23ClN2O4. The second-order valence-corrected chi connectivity index (χ2v) is 6.89. The topological polar surface area (TPSA) is 76.7 Å². The average Bonchev–Trinajstić information content (AvgIpc) is 2.67. The van der Waals surface area contributed by atoms with Gasteiger partial charge in [-0.05, 0) is 55.8 Å². The molecule has 2 N–H and O–H groups in total. The second kappa shape index (κ2) is 8.77. The molecule has 0 radical (unpaired) electrons. The number of anilines is 1. The van der Waals surface area contributed by atoms with Crippen LogP contribution in [-0.2, 0) is 16.1 Å². The molecule has 2 aromatic rings. The van der Waals surface area contributed by atoms with E-state index in [1.165, 1.54) is 0 Å². The predicted molar refractivity (Wildman–Crippen MR) is 105 cm³/mol. The van der Waals surface area contributed by atoms with E-state index in [1.54, 1.807) is 64.5 Å². The van der Waals surface area contributed by atoms with E-state index in [-0.39, 0.29) is 12.5 Å². The van der Waals surface area contributed by atoms with E-state index in [9.17, 15) is 9.59 Å². The highest BCUT2D eigenvalue weighted by atomic mass is 35.5. The van der Waals surface area contributed by atoms with E-state index in [0.29, 0.717) is 22.2 Å². The van der Waals surface area contributed by atoms with Gasteiger partial charge >= 0.3 is 0 Å². The van der Waals surface area contributed by atoms with Gasteiger partial charge in [0.25, 0.3) is 0 Å². The Hall–Kier alpha value is -2.73. The Bertz CT molecular complexity index is 819. The number of ether oxygens (including phenoxy) is 2. The summed E-state index contributed by atoms with van der Waals surface area (Å²) < 4.78 is 10.4. The molecule has 0 heterocycles. The number of methoxy groups -OCH3 is 2. The molecule has 0 fully saturated rings. The van der Waals surface area contributed by atoms with Crippen LogP contribution in [0, 0.1) is 5.41 Å². The maximum atomic E-state index is 12.6. The van der Waals surface area contributed by atoms with Crippen molar-refractivity contribution in [2.24, 2.45) is 5.41 Å². The molecular weight excluding hydrogens is 368 g/mol. The molecule has 27 heavy (non-hydrogen) atoms. The Morgan fingerprint density at radius 2 is 1.59 bits per heavy atom. The lowest BCUT2D eigenvalue weighted by atomic mass is 9.90. The summed E-state index contributed by atoms with van der Waals surface area (Å²) in [5, 5.41) is 6.08. The minimum Gasteiger partial charge on any atom is -0.493 e. The Kier molecular flexibility index (Phi) is 6.69. The average molecular weight is 391 g/mol. The lowest BCUT2D eigenvalue weighted by molar-refractivity contribution is -0.138. The quantitative estimate of drug-likeness (QED) is 0.707. The molecule has 7 heteroatoms. The molecule has 144 valence electrons. The molecule has 0 saturated heterocycles. The molecule has 2 aromatic carbocycles. The van der Waals surface area contributed by atoms with E-state index in [1.807, 2.05) is 6.07 Å². The first-order valence-corrected chi connectivity index (χ1v) is 8.72. The van der Waals surface area contributed by atoms with E-state index >= 15 is 0 Å². The van der Waals surface area contributed by atoms with Gasteiger partial charge < -0.3 is 20.1 Å². The van der Waals surface area contributed by atoms with Gasteiger partial charge in [0.2, 0.25) is 11.8 Å². The van der Waals surface area contributed by atoms with Crippen LogP contribution in [0.15, 0.2) is 42.5 Å². The molecule has 2 rings (SSSR count). The van der Waals surface area contributed by atoms with Gasteiger partial charge in [0.05, 0.1) is 14.2 Å². The first kappa shape index (κ1) is 20.6. The third-order valence-electron chi connectivity index (χ3n) is 4.14. The number of rotatable bonds is 7. The smallest absolute Gasteiger partial charge is 0.239 e. The molecule has 6 nitrogen and oxygen atoms in total. The number of hydrogen-bond donors (Lipinski definition) is 2. The molecule has 0 saturated carbocycles. The van der Waals surface area contributed by atoms with Gasteiger partial charge in [-0.3, -0.25) is 9.59 Å². The number of amides is 2. The van der Waals surface area contributed by atoms with Crippen molar-refractivity contribution < 1.29 is 19.1 Å². The standard InChI is InChI=1S/C20H23ClN2O4/c1-20(2,19(25)23-15-8-6-14(21)7-9-15)18(24)22-12-13-5-10-16(26-3)17(11-13)27-4/h5-11H,12H2,1-4H3,(H,22,24)(H,23,25). The van der Waals surface area contributed by atoms with E-state index < -0.39 is 11.3 Å². The molecule has 0 aliphatic carbocycles. The molecule has 0 aliphatic rings. The lowest BCUT2D eigenvalue weighted by Crippen LogP contribution is -2.44. The summed E-state index contributed by atoms with van der Waals surface area (Å²) in [7, 11) is 3.10. The molecule has 0 aromatic heterocycles. The molecule has 0 unspecified atom stereocenters. The van der Waals surface area contributed by atoms with E-state index in [4.69, 9.17) is 21.1 Å². The fourth-order valence-electron chi connectivity index (χ4n) is 2.32. The van der Waals surface area contributed by atoms with Gasteiger partial charge in [-0.25, -0.2) is 0 Å². The zero-order valence-corrected chi connectivity index (χ0v) is 16.5. The molecule has 0 aliphatic heterocycles. The largest absolute Gasteiger partial charge is 0.493 e. The summed E-state index contributed by atoms with van der Waals surface area (Å²) >= 11 is 5.84. The fourth-order valence-corrected chi connectivity index (χ4v) is 2.44. The summed E-state index contributed by atoms with van der Waals surface area (Å²) in [4.78, 5) is 25.1. The highest BCUT2D eigenvalue weighted by Gasteiger charge is 2.36. The third kappa shape index (κ3) is 5.14. The number of carbonyl (C=O) groups excluding carboxylic acids is 2. The highest BCUT2D eigenvalue weighted by molar-refractivity contribution is 6.30. The highest BCUT2D eigenvalue weighted by Crippen LogP contribution is 2.27. The maximum absolute atomic E-state index is 12.6. The number of nitrogens with one attached hydrogen (secondary N) is 2. The van der Waals surface area contributed by atoms with Crippen LogP contribution in [-0.4, -0.2) is 26.0 Å². The lowest BCUT2D eigenvalue weighted by Gasteiger charge is -2.23. The Morgan fingerprint density at radius 3 is 2.19 bits per heavy atom. The Labute approximate surface area is 163 Å². The minimum atomic E-state index is -1.25. The molecule has 0 atom stereocenters. The Balaban J connectivity index is 2.00. The van der Waals surface area contributed by atoms with Crippen LogP contribution in [0.2, 0.25) is 5.02 Å². The normalized spacial score (nSPS) is 10.9. The van der Waals surface area contributed by atoms with Crippen molar-refractivity contribution in [3.8, 4) is 11.5 Å². The van der Waals surface area contributed by atoms with Crippen LogP contribution in [0.25, 0.3) is 0 Å². The fraction of sp³-hybridized carbons (Fsp3) is 0.300. The summed E-state index contributed by atoms with van der Waals surface area (Å²) in [6.45, 7) is 3.40. The van der Waals surface area contributed by atoms with Gasteiger partial charge in [0.15, 0.2) is 11.5 Å². The molecule has 0 spiro atoms. The zero-order chi connectivity index (χ0) is 20.0. The SMILES string of the molecule is COc1ccc(CNC(=O)C(C)(C)C(=O)Nc2ccc(Cl)cc2)cc1OC. The maximum Gasteiger partial charge on any atom is 0.239 e. The van der Waals surface area contributed by atoms with E-state index in [0.717, 1.165) is 5.56 Å². The number of benzene rings is 2.